The third-order valence-electron chi connectivity index (χ3n) is 3.79. The van der Waals surface area contributed by atoms with Crippen molar-refractivity contribution < 1.29 is 23.4 Å². The zero-order valence-electron chi connectivity index (χ0n) is 15.5. The molecule has 4 aromatic rings. The molecule has 30 heavy (non-hydrogen) atoms. The van der Waals surface area contributed by atoms with Gasteiger partial charge in [0, 0.05) is 28.9 Å². The van der Waals surface area contributed by atoms with Gasteiger partial charge in [-0.05, 0) is 24.3 Å². The first-order chi connectivity index (χ1) is 14.3. The van der Waals surface area contributed by atoms with Gasteiger partial charge in [0.05, 0.1) is 17.3 Å². The minimum Gasteiger partial charge on any atom is -0.296 e. The van der Waals surface area contributed by atoms with Gasteiger partial charge in [-0.25, -0.2) is 22.9 Å². The summed E-state index contributed by atoms with van der Waals surface area (Å²) in [4.78, 5) is 21.9. The number of benzene rings is 2. The Morgan fingerprint density at radius 1 is 1.13 bits per heavy atom. The van der Waals surface area contributed by atoms with Gasteiger partial charge in [0.15, 0.2) is 5.82 Å². The van der Waals surface area contributed by atoms with E-state index in [0.29, 0.717) is 10.8 Å². The number of halogens is 1. The van der Waals surface area contributed by atoms with Gasteiger partial charge in [-0.1, -0.05) is 35.9 Å². The molecule has 11 heteroatoms. The highest BCUT2D eigenvalue weighted by molar-refractivity contribution is 7.90. The van der Waals surface area contributed by atoms with E-state index in [0.717, 1.165) is 17.2 Å². The van der Waals surface area contributed by atoms with Crippen molar-refractivity contribution in [2.45, 2.75) is 5.16 Å². The maximum atomic E-state index is 11.5. The number of hydrogen-bond donors (Lipinski definition) is 1. The van der Waals surface area contributed by atoms with Gasteiger partial charge in [0.2, 0.25) is 15.0 Å². The SMILES string of the molecule is CS(=O)(=O)c1nccc(-n2ncc3ccccc32)n1.O=C(OO)c1cccc(Cl)c1. The highest BCUT2D eigenvalue weighted by atomic mass is 35.5. The molecule has 1 N–H and O–H groups in total. The zero-order valence-corrected chi connectivity index (χ0v) is 17.1. The van der Waals surface area contributed by atoms with Crippen LogP contribution >= 0.6 is 11.6 Å². The fourth-order valence-corrected chi connectivity index (χ4v) is 3.15. The summed E-state index contributed by atoms with van der Waals surface area (Å²) >= 11 is 5.56. The summed E-state index contributed by atoms with van der Waals surface area (Å²) in [6, 6.07) is 15.3. The van der Waals surface area contributed by atoms with Crippen LogP contribution in [0.15, 0.2) is 72.1 Å². The molecule has 0 aliphatic rings. The molecule has 2 heterocycles. The smallest absolute Gasteiger partial charge is 0.296 e. The van der Waals surface area contributed by atoms with Gasteiger partial charge in [-0.15, -0.1) is 0 Å². The largest absolute Gasteiger partial charge is 0.372 e. The first-order valence-corrected chi connectivity index (χ1v) is 10.6. The van der Waals surface area contributed by atoms with Crippen molar-refractivity contribution >= 4 is 38.3 Å². The maximum absolute atomic E-state index is 11.5. The molecule has 0 saturated carbocycles. The van der Waals surface area contributed by atoms with Gasteiger partial charge in [0.1, 0.15) is 0 Å². The van der Waals surface area contributed by atoms with E-state index in [-0.39, 0.29) is 10.7 Å². The Kier molecular flexibility index (Phi) is 6.40. The van der Waals surface area contributed by atoms with E-state index in [2.05, 4.69) is 20.0 Å². The summed E-state index contributed by atoms with van der Waals surface area (Å²) in [5.41, 5.74) is 1.08. The average molecular weight is 447 g/mol. The van der Waals surface area contributed by atoms with Crippen LogP contribution in [0.5, 0.6) is 0 Å². The first kappa shape index (κ1) is 21.4. The number of sulfone groups is 1. The third kappa shape index (κ3) is 4.98. The molecule has 2 aromatic heterocycles. The molecular formula is C19H15ClN4O5S. The Balaban J connectivity index is 0.000000199. The predicted molar refractivity (Wildman–Crippen MR) is 109 cm³/mol. The fraction of sp³-hybridized carbons (Fsp3) is 0.0526. The van der Waals surface area contributed by atoms with E-state index in [1.165, 1.54) is 18.3 Å². The summed E-state index contributed by atoms with van der Waals surface area (Å²) in [5.74, 6) is -0.385. The fourth-order valence-electron chi connectivity index (χ4n) is 2.45. The van der Waals surface area contributed by atoms with Crippen LogP contribution in [-0.2, 0) is 14.7 Å². The van der Waals surface area contributed by atoms with Gasteiger partial charge >= 0.3 is 5.97 Å². The van der Waals surface area contributed by atoms with Crippen LogP contribution in [0, 0.1) is 0 Å². The van der Waals surface area contributed by atoms with Crippen LogP contribution in [0.2, 0.25) is 5.02 Å². The van der Waals surface area contributed by atoms with Crippen molar-refractivity contribution in [2.24, 2.45) is 0 Å². The molecule has 0 atom stereocenters. The molecule has 0 aliphatic heterocycles. The minimum absolute atomic E-state index is 0.204. The van der Waals surface area contributed by atoms with Crippen molar-refractivity contribution in [2.75, 3.05) is 6.26 Å². The van der Waals surface area contributed by atoms with E-state index < -0.39 is 15.8 Å². The first-order valence-electron chi connectivity index (χ1n) is 8.37. The Labute approximate surface area is 176 Å². The Bertz CT molecular complexity index is 1310. The van der Waals surface area contributed by atoms with E-state index in [1.54, 1.807) is 29.1 Å². The number of hydrogen-bond acceptors (Lipinski definition) is 8. The van der Waals surface area contributed by atoms with E-state index in [9.17, 15) is 13.2 Å². The Morgan fingerprint density at radius 3 is 2.60 bits per heavy atom. The van der Waals surface area contributed by atoms with Crippen LogP contribution in [-0.4, -0.2) is 45.6 Å². The van der Waals surface area contributed by atoms with Gasteiger partial charge in [-0.3, -0.25) is 4.89 Å². The van der Waals surface area contributed by atoms with E-state index in [1.807, 2.05) is 24.3 Å². The summed E-state index contributed by atoms with van der Waals surface area (Å²) in [6.07, 6.45) is 4.19. The lowest BCUT2D eigenvalue weighted by molar-refractivity contribution is -0.182. The van der Waals surface area contributed by atoms with Crippen molar-refractivity contribution in [1.82, 2.24) is 19.7 Å². The van der Waals surface area contributed by atoms with Crippen LogP contribution in [0.3, 0.4) is 0 Å². The van der Waals surface area contributed by atoms with Gasteiger partial charge in [-0.2, -0.15) is 15.3 Å². The molecule has 0 radical (unpaired) electrons. The summed E-state index contributed by atoms with van der Waals surface area (Å²) < 4.78 is 24.5. The molecule has 154 valence electrons. The average Bonchev–Trinajstić information content (AvgIpc) is 3.17. The number of carbonyl (C=O) groups excluding carboxylic acids is 1. The molecule has 0 fully saturated rings. The van der Waals surface area contributed by atoms with Gasteiger partial charge in [0.25, 0.3) is 0 Å². The molecule has 0 amide bonds. The van der Waals surface area contributed by atoms with Crippen molar-refractivity contribution in [1.29, 1.82) is 0 Å². The molecule has 4 rings (SSSR count). The molecule has 9 nitrogen and oxygen atoms in total. The van der Waals surface area contributed by atoms with Crippen LogP contribution in [0.25, 0.3) is 16.7 Å². The Hall–Kier alpha value is -3.34. The molecule has 0 saturated heterocycles. The Morgan fingerprint density at radius 2 is 1.90 bits per heavy atom. The topological polar surface area (TPSA) is 124 Å². The second kappa shape index (κ2) is 8.99. The standard InChI is InChI=1S/C12H10N4O2S.C7H5ClO3/c1-19(17,18)12-13-7-6-11(15-12)16-10-5-3-2-4-9(10)8-14-16;8-6-3-1-2-5(4-6)7(9)11-10/h2-8H,1H3;1-4,10H. The molecule has 0 unspecified atom stereocenters. The van der Waals surface area contributed by atoms with E-state index >= 15 is 0 Å². The highest BCUT2D eigenvalue weighted by Gasteiger charge is 2.13. The highest BCUT2D eigenvalue weighted by Crippen LogP contribution is 2.17. The normalized spacial score (nSPS) is 10.9. The lowest BCUT2D eigenvalue weighted by Gasteiger charge is -2.03. The second-order valence-corrected chi connectivity index (χ2v) is 8.32. The monoisotopic (exact) mass is 446 g/mol. The predicted octanol–water partition coefficient (Wildman–Crippen LogP) is 3.19. The van der Waals surface area contributed by atoms with Crippen molar-refractivity contribution in [3.05, 3.63) is 77.6 Å². The molecule has 0 aliphatic carbocycles. The van der Waals surface area contributed by atoms with Crippen LogP contribution < -0.4 is 0 Å². The quantitative estimate of drug-likeness (QED) is 0.289. The number of rotatable bonds is 3. The minimum atomic E-state index is -3.43. The summed E-state index contributed by atoms with van der Waals surface area (Å²) in [6.45, 7) is 0. The van der Waals surface area contributed by atoms with Crippen molar-refractivity contribution in [3.63, 3.8) is 0 Å². The van der Waals surface area contributed by atoms with Crippen LogP contribution in [0.4, 0.5) is 0 Å². The molecule has 0 bridgehead atoms. The summed E-state index contributed by atoms with van der Waals surface area (Å²) in [5, 5.41) is 13.4. The number of carbonyl (C=O) groups is 1. The molecule has 2 aromatic carbocycles. The van der Waals surface area contributed by atoms with Crippen molar-refractivity contribution in [3.8, 4) is 5.82 Å². The second-order valence-electron chi connectivity index (χ2n) is 5.97. The lowest BCUT2D eigenvalue weighted by Crippen LogP contribution is -2.07. The van der Waals surface area contributed by atoms with Crippen LogP contribution in [0.1, 0.15) is 10.4 Å². The summed E-state index contributed by atoms with van der Waals surface area (Å²) in [7, 11) is -3.43. The number of nitrogens with zero attached hydrogens (tertiary/aromatic N) is 4. The van der Waals surface area contributed by atoms with E-state index in [4.69, 9.17) is 16.9 Å². The third-order valence-corrected chi connectivity index (χ3v) is 4.88. The number of aromatic nitrogens is 4. The molecular weight excluding hydrogens is 432 g/mol. The van der Waals surface area contributed by atoms with Gasteiger partial charge < -0.3 is 0 Å². The number of para-hydroxylation sites is 1. The maximum Gasteiger partial charge on any atom is 0.372 e. The zero-order chi connectivity index (χ0) is 21.7. The molecule has 0 spiro atoms. The lowest BCUT2D eigenvalue weighted by atomic mass is 10.2. The number of fused-ring (bicyclic) bond motifs is 1.